The highest BCUT2D eigenvalue weighted by Gasteiger charge is 2.21. The van der Waals surface area contributed by atoms with Crippen LogP contribution >= 0.6 is 15.9 Å². The quantitative estimate of drug-likeness (QED) is 0.826. The number of halogens is 1. The van der Waals surface area contributed by atoms with Gasteiger partial charge in [0.05, 0.1) is 16.5 Å². The van der Waals surface area contributed by atoms with Gasteiger partial charge in [0.2, 0.25) is 10.0 Å². The van der Waals surface area contributed by atoms with Gasteiger partial charge in [-0.1, -0.05) is 0 Å². The van der Waals surface area contributed by atoms with Crippen molar-refractivity contribution in [2.45, 2.75) is 30.7 Å². The van der Waals surface area contributed by atoms with Crippen molar-refractivity contribution in [1.82, 2.24) is 9.62 Å². The van der Waals surface area contributed by atoms with Crippen LogP contribution < -0.4 is 9.46 Å². The van der Waals surface area contributed by atoms with Crippen molar-refractivity contribution in [2.75, 3.05) is 26.7 Å². The highest BCUT2D eigenvalue weighted by molar-refractivity contribution is 9.10. The second-order valence-corrected chi connectivity index (χ2v) is 7.89. The second kappa shape index (κ2) is 7.09. The van der Waals surface area contributed by atoms with E-state index in [1.54, 1.807) is 25.3 Å². The van der Waals surface area contributed by atoms with E-state index in [1.807, 2.05) is 6.92 Å². The zero-order chi connectivity index (χ0) is 15.5. The molecule has 1 unspecified atom stereocenters. The first-order chi connectivity index (χ1) is 9.92. The molecule has 0 saturated carbocycles. The molecule has 7 heteroatoms. The predicted octanol–water partition coefficient (Wildman–Crippen LogP) is 2.22. The summed E-state index contributed by atoms with van der Waals surface area (Å²) in [6.07, 6.45) is 2.40. The van der Waals surface area contributed by atoms with Crippen molar-refractivity contribution in [3.8, 4) is 5.75 Å². The largest absolute Gasteiger partial charge is 0.496 e. The Bertz CT molecular complexity index is 586. The molecule has 1 aromatic rings. The minimum atomic E-state index is -3.51. The molecule has 5 nitrogen and oxygen atoms in total. The fraction of sp³-hybridized carbons (Fsp3) is 0.571. The van der Waals surface area contributed by atoms with E-state index in [-0.39, 0.29) is 10.9 Å². The van der Waals surface area contributed by atoms with Crippen LogP contribution in [0.2, 0.25) is 0 Å². The van der Waals surface area contributed by atoms with Gasteiger partial charge in [0.25, 0.3) is 0 Å². The maximum atomic E-state index is 12.4. The van der Waals surface area contributed by atoms with E-state index in [1.165, 1.54) is 12.8 Å². The van der Waals surface area contributed by atoms with Crippen LogP contribution in [0.4, 0.5) is 0 Å². The number of methoxy groups -OCH3 is 1. The maximum absolute atomic E-state index is 12.4. The third-order valence-corrected chi connectivity index (χ3v) is 5.73. The normalized spacial score (nSPS) is 17.9. The second-order valence-electron chi connectivity index (χ2n) is 5.33. The molecule has 118 valence electrons. The Labute approximate surface area is 134 Å². The number of nitrogens with one attached hydrogen (secondary N) is 1. The highest BCUT2D eigenvalue weighted by Crippen LogP contribution is 2.27. The summed E-state index contributed by atoms with van der Waals surface area (Å²) in [5.41, 5.74) is 0. The first kappa shape index (κ1) is 16.7. The monoisotopic (exact) mass is 376 g/mol. The fourth-order valence-corrected chi connectivity index (χ4v) is 4.49. The van der Waals surface area contributed by atoms with Crippen LogP contribution in [0.3, 0.4) is 0 Å². The van der Waals surface area contributed by atoms with Crippen LogP contribution in [-0.4, -0.2) is 46.1 Å². The number of hydrogen-bond acceptors (Lipinski definition) is 4. The first-order valence-electron chi connectivity index (χ1n) is 7.00. The lowest BCUT2D eigenvalue weighted by Gasteiger charge is -2.21. The maximum Gasteiger partial charge on any atom is 0.240 e. The number of ether oxygens (including phenoxy) is 1. The molecule has 0 amide bonds. The Kier molecular flexibility index (Phi) is 5.65. The summed E-state index contributed by atoms with van der Waals surface area (Å²) < 4.78 is 33.2. The molecule has 0 aliphatic carbocycles. The van der Waals surface area contributed by atoms with E-state index in [4.69, 9.17) is 4.74 Å². The van der Waals surface area contributed by atoms with Crippen molar-refractivity contribution in [3.05, 3.63) is 22.7 Å². The van der Waals surface area contributed by atoms with Crippen molar-refractivity contribution in [3.63, 3.8) is 0 Å². The highest BCUT2D eigenvalue weighted by atomic mass is 79.9. The van der Waals surface area contributed by atoms with Gasteiger partial charge in [0, 0.05) is 12.6 Å². The zero-order valence-corrected chi connectivity index (χ0v) is 14.7. The smallest absolute Gasteiger partial charge is 0.240 e. The number of benzene rings is 1. The van der Waals surface area contributed by atoms with Gasteiger partial charge >= 0.3 is 0 Å². The third kappa shape index (κ3) is 4.42. The predicted molar refractivity (Wildman–Crippen MR) is 86.2 cm³/mol. The van der Waals surface area contributed by atoms with Crippen LogP contribution in [0.5, 0.6) is 5.75 Å². The van der Waals surface area contributed by atoms with Crippen LogP contribution in [0, 0.1) is 0 Å². The first-order valence-corrected chi connectivity index (χ1v) is 9.28. The van der Waals surface area contributed by atoms with E-state index in [0.717, 1.165) is 19.6 Å². The standard InChI is InChI=1S/C14H21BrN2O3S/c1-11(10-17-7-3-4-8-17)16-21(18,19)12-5-6-14(20-2)13(15)9-12/h5-6,9,11,16H,3-4,7-8,10H2,1-2H3. The van der Waals surface area contributed by atoms with Gasteiger partial charge < -0.3 is 9.64 Å². The SMILES string of the molecule is COc1ccc(S(=O)(=O)NC(C)CN2CCCC2)cc1Br. The van der Waals surface area contributed by atoms with Gasteiger partial charge in [-0.2, -0.15) is 0 Å². The number of nitrogens with zero attached hydrogens (tertiary/aromatic N) is 1. The molecule has 1 N–H and O–H groups in total. The molecule has 1 fully saturated rings. The Balaban J connectivity index is 2.05. The molecule has 0 radical (unpaired) electrons. The van der Waals surface area contributed by atoms with Crippen LogP contribution in [0.15, 0.2) is 27.6 Å². The minimum Gasteiger partial charge on any atom is -0.496 e. The zero-order valence-electron chi connectivity index (χ0n) is 12.3. The fourth-order valence-electron chi connectivity index (χ4n) is 2.54. The van der Waals surface area contributed by atoms with E-state index in [2.05, 4.69) is 25.6 Å². The molecule has 2 rings (SSSR count). The number of sulfonamides is 1. The summed E-state index contributed by atoms with van der Waals surface area (Å²) in [6, 6.07) is 4.64. The molecule has 1 atom stereocenters. The summed E-state index contributed by atoms with van der Waals surface area (Å²) in [7, 11) is -1.96. The third-order valence-electron chi connectivity index (χ3n) is 3.52. The van der Waals surface area contributed by atoms with E-state index >= 15 is 0 Å². The van der Waals surface area contributed by atoms with E-state index in [9.17, 15) is 8.42 Å². The number of rotatable bonds is 6. The van der Waals surface area contributed by atoms with Gasteiger partial charge in [0.15, 0.2) is 0 Å². The number of hydrogen-bond donors (Lipinski definition) is 1. The molecule has 1 aliphatic rings. The molecular formula is C14H21BrN2O3S. The van der Waals surface area contributed by atoms with Crippen LogP contribution in [0.1, 0.15) is 19.8 Å². The average molecular weight is 377 g/mol. The van der Waals surface area contributed by atoms with E-state index in [0.29, 0.717) is 10.2 Å². The molecule has 0 spiro atoms. The van der Waals surface area contributed by atoms with Crippen LogP contribution in [0.25, 0.3) is 0 Å². The van der Waals surface area contributed by atoms with Gasteiger partial charge in [-0.3, -0.25) is 0 Å². The molecule has 0 aromatic heterocycles. The van der Waals surface area contributed by atoms with Crippen molar-refractivity contribution in [1.29, 1.82) is 0 Å². The Morgan fingerprint density at radius 2 is 2.05 bits per heavy atom. The summed E-state index contributed by atoms with van der Waals surface area (Å²) in [5.74, 6) is 0.610. The Morgan fingerprint density at radius 1 is 1.38 bits per heavy atom. The van der Waals surface area contributed by atoms with Crippen LogP contribution in [-0.2, 0) is 10.0 Å². The van der Waals surface area contributed by atoms with E-state index < -0.39 is 10.0 Å². The molecular weight excluding hydrogens is 356 g/mol. The molecule has 0 bridgehead atoms. The summed E-state index contributed by atoms with van der Waals surface area (Å²) in [5, 5.41) is 0. The van der Waals surface area contributed by atoms with Crippen molar-refractivity contribution in [2.24, 2.45) is 0 Å². The van der Waals surface area contributed by atoms with Gasteiger partial charge in [-0.25, -0.2) is 13.1 Å². The average Bonchev–Trinajstić information content (AvgIpc) is 2.90. The minimum absolute atomic E-state index is 0.117. The van der Waals surface area contributed by atoms with Gasteiger partial charge in [-0.05, 0) is 67.0 Å². The Hall–Kier alpha value is -0.630. The summed E-state index contributed by atoms with van der Waals surface area (Å²) in [6.45, 7) is 4.76. The molecule has 1 aromatic carbocycles. The molecule has 1 heterocycles. The molecule has 1 aliphatic heterocycles. The Morgan fingerprint density at radius 3 is 2.62 bits per heavy atom. The van der Waals surface area contributed by atoms with Gasteiger partial charge in [-0.15, -0.1) is 0 Å². The van der Waals surface area contributed by atoms with Crippen molar-refractivity contribution < 1.29 is 13.2 Å². The van der Waals surface area contributed by atoms with Crippen molar-refractivity contribution >= 4 is 26.0 Å². The van der Waals surface area contributed by atoms with Gasteiger partial charge in [0.1, 0.15) is 5.75 Å². The number of likely N-dealkylation sites (tertiary alicyclic amines) is 1. The lowest BCUT2D eigenvalue weighted by Crippen LogP contribution is -2.41. The lowest BCUT2D eigenvalue weighted by molar-refractivity contribution is 0.313. The molecule has 1 saturated heterocycles. The lowest BCUT2D eigenvalue weighted by atomic mass is 10.3. The molecule has 21 heavy (non-hydrogen) atoms. The summed E-state index contributed by atoms with van der Waals surface area (Å²) >= 11 is 3.31. The topological polar surface area (TPSA) is 58.6 Å². The summed E-state index contributed by atoms with van der Waals surface area (Å²) in [4.78, 5) is 2.53.